The van der Waals surface area contributed by atoms with Gasteiger partial charge in [-0.15, -0.1) is 0 Å². The molecule has 0 bridgehead atoms. The molecule has 0 radical (unpaired) electrons. The van der Waals surface area contributed by atoms with E-state index in [0.29, 0.717) is 23.9 Å². The van der Waals surface area contributed by atoms with E-state index in [-0.39, 0.29) is 0 Å². The van der Waals surface area contributed by atoms with Crippen LogP contribution in [0.5, 0.6) is 5.75 Å². The summed E-state index contributed by atoms with van der Waals surface area (Å²) >= 11 is 5.87. The quantitative estimate of drug-likeness (QED) is 0.849. The molecule has 100 valence electrons. The van der Waals surface area contributed by atoms with Crippen LogP contribution in [-0.4, -0.2) is 7.11 Å². The van der Waals surface area contributed by atoms with Gasteiger partial charge in [-0.1, -0.05) is 29.8 Å². The molecule has 0 fully saturated rings. The Bertz CT molecular complexity index is 558. The van der Waals surface area contributed by atoms with E-state index in [1.54, 1.807) is 13.2 Å². The van der Waals surface area contributed by atoms with Gasteiger partial charge < -0.3 is 15.2 Å². The molecule has 2 N–H and O–H groups in total. The first-order valence-electron chi connectivity index (χ1n) is 5.93. The molecule has 2 aromatic carbocycles. The van der Waals surface area contributed by atoms with Crippen LogP contribution in [0, 0.1) is 0 Å². The van der Waals surface area contributed by atoms with Gasteiger partial charge in [-0.05, 0) is 35.4 Å². The number of anilines is 1. The number of ether oxygens (including phenoxy) is 2. The van der Waals surface area contributed by atoms with Gasteiger partial charge in [0.05, 0.1) is 17.3 Å². The molecule has 0 aliphatic carbocycles. The van der Waals surface area contributed by atoms with Crippen molar-refractivity contribution in [1.82, 2.24) is 0 Å². The number of rotatable bonds is 5. The molecule has 2 rings (SSSR count). The molecular weight excluding hydrogens is 262 g/mol. The van der Waals surface area contributed by atoms with Gasteiger partial charge in [0.1, 0.15) is 12.4 Å². The molecule has 0 spiro atoms. The average Bonchev–Trinajstić information content (AvgIpc) is 2.41. The van der Waals surface area contributed by atoms with Crippen molar-refractivity contribution < 1.29 is 9.47 Å². The summed E-state index contributed by atoms with van der Waals surface area (Å²) in [7, 11) is 1.67. The molecule has 0 aliphatic rings. The van der Waals surface area contributed by atoms with Crippen molar-refractivity contribution in [2.75, 3.05) is 12.8 Å². The maximum atomic E-state index is 5.87. The number of hydrogen-bond donors (Lipinski definition) is 1. The molecule has 19 heavy (non-hydrogen) atoms. The maximum absolute atomic E-state index is 5.87. The zero-order valence-electron chi connectivity index (χ0n) is 10.7. The van der Waals surface area contributed by atoms with E-state index in [1.807, 2.05) is 36.4 Å². The zero-order valence-corrected chi connectivity index (χ0v) is 11.5. The van der Waals surface area contributed by atoms with E-state index in [0.717, 1.165) is 16.9 Å². The smallest absolute Gasteiger partial charge is 0.120 e. The topological polar surface area (TPSA) is 44.5 Å². The van der Waals surface area contributed by atoms with Crippen molar-refractivity contribution in [2.45, 2.75) is 13.2 Å². The van der Waals surface area contributed by atoms with Gasteiger partial charge in [-0.3, -0.25) is 0 Å². The molecule has 0 saturated carbocycles. The van der Waals surface area contributed by atoms with Crippen LogP contribution < -0.4 is 10.5 Å². The first kappa shape index (κ1) is 13.7. The third kappa shape index (κ3) is 3.88. The molecule has 4 heteroatoms. The van der Waals surface area contributed by atoms with Crippen LogP contribution in [0.2, 0.25) is 5.02 Å². The van der Waals surface area contributed by atoms with Crippen molar-refractivity contribution >= 4 is 17.3 Å². The molecule has 0 heterocycles. The van der Waals surface area contributed by atoms with Crippen LogP contribution >= 0.6 is 11.6 Å². The average molecular weight is 278 g/mol. The minimum Gasteiger partial charge on any atom is -0.489 e. The summed E-state index contributed by atoms with van der Waals surface area (Å²) in [6.07, 6.45) is 0. The largest absolute Gasteiger partial charge is 0.489 e. The fraction of sp³-hybridized carbons (Fsp3) is 0.200. The Morgan fingerprint density at radius 1 is 1.05 bits per heavy atom. The molecular formula is C15H16ClNO2. The number of benzene rings is 2. The van der Waals surface area contributed by atoms with E-state index < -0.39 is 0 Å². The predicted octanol–water partition coefficient (Wildman–Crippen LogP) is 3.65. The first-order valence-corrected chi connectivity index (χ1v) is 6.31. The van der Waals surface area contributed by atoms with E-state index in [2.05, 4.69) is 0 Å². The van der Waals surface area contributed by atoms with E-state index in [9.17, 15) is 0 Å². The lowest BCUT2D eigenvalue weighted by atomic mass is 10.2. The summed E-state index contributed by atoms with van der Waals surface area (Å²) in [4.78, 5) is 0. The van der Waals surface area contributed by atoms with Gasteiger partial charge in [-0.25, -0.2) is 0 Å². The van der Waals surface area contributed by atoms with Crippen molar-refractivity contribution in [1.29, 1.82) is 0 Å². The molecule has 0 aromatic heterocycles. The van der Waals surface area contributed by atoms with E-state index in [4.69, 9.17) is 26.8 Å². The number of nitrogen functional groups attached to an aromatic ring is 1. The van der Waals surface area contributed by atoms with Gasteiger partial charge in [-0.2, -0.15) is 0 Å². The second-order valence-corrected chi connectivity index (χ2v) is 4.63. The second-order valence-electron chi connectivity index (χ2n) is 4.22. The summed E-state index contributed by atoms with van der Waals surface area (Å²) in [5.74, 6) is 0.808. The number of nitrogens with two attached hydrogens (primary N) is 1. The molecule has 2 aromatic rings. The summed E-state index contributed by atoms with van der Waals surface area (Å²) in [6.45, 7) is 1.03. The molecule has 0 unspecified atom stereocenters. The molecule has 3 nitrogen and oxygen atoms in total. The summed E-state index contributed by atoms with van der Waals surface area (Å²) in [6, 6.07) is 13.3. The summed E-state index contributed by atoms with van der Waals surface area (Å²) in [5.41, 5.74) is 8.38. The number of halogens is 1. The van der Waals surface area contributed by atoms with Crippen LogP contribution in [0.15, 0.2) is 42.5 Å². The summed E-state index contributed by atoms with van der Waals surface area (Å²) < 4.78 is 10.8. The normalized spacial score (nSPS) is 10.4. The van der Waals surface area contributed by atoms with Gasteiger partial charge in [0.2, 0.25) is 0 Å². The van der Waals surface area contributed by atoms with Crippen molar-refractivity contribution in [3.8, 4) is 5.75 Å². The number of hydrogen-bond acceptors (Lipinski definition) is 3. The SMILES string of the molecule is COCc1cccc(OCc2ccc(Cl)c(N)c2)c1. The highest BCUT2D eigenvalue weighted by Crippen LogP contribution is 2.21. The highest BCUT2D eigenvalue weighted by Gasteiger charge is 2.01. The van der Waals surface area contributed by atoms with E-state index >= 15 is 0 Å². The first-order chi connectivity index (χ1) is 9.19. The fourth-order valence-corrected chi connectivity index (χ4v) is 1.86. The van der Waals surface area contributed by atoms with Gasteiger partial charge >= 0.3 is 0 Å². The Kier molecular flexibility index (Phi) is 4.66. The fourth-order valence-electron chi connectivity index (χ4n) is 1.74. The minimum atomic E-state index is 0.456. The predicted molar refractivity (Wildman–Crippen MR) is 77.4 cm³/mol. The second kappa shape index (κ2) is 6.45. The third-order valence-corrected chi connectivity index (χ3v) is 3.02. The Morgan fingerprint density at radius 3 is 2.58 bits per heavy atom. The third-order valence-electron chi connectivity index (χ3n) is 2.68. The Balaban J connectivity index is 2.01. The van der Waals surface area contributed by atoms with Gasteiger partial charge in [0.25, 0.3) is 0 Å². The molecule has 0 saturated heterocycles. The van der Waals surface area contributed by atoms with Crippen LogP contribution in [0.3, 0.4) is 0 Å². The van der Waals surface area contributed by atoms with Crippen molar-refractivity contribution in [3.05, 3.63) is 58.6 Å². The minimum absolute atomic E-state index is 0.456. The monoisotopic (exact) mass is 277 g/mol. The van der Waals surface area contributed by atoms with Gasteiger partial charge in [0.15, 0.2) is 0 Å². The van der Waals surface area contributed by atoms with Crippen LogP contribution in [-0.2, 0) is 18.0 Å². The number of methoxy groups -OCH3 is 1. The lowest BCUT2D eigenvalue weighted by molar-refractivity contribution is 0.184. The lowest BCUT2D eigenvalue weighted by Gasteiger charge is -2.09. The molecule has 0 amide bonds. The van der Waals surface area contributed by atoms with Crippen molar-refractivity contribution in [3.63, 3.8) is 0 Å². The van der Waals surface area contributed by atoms with Crippen molar-refractivity contribution in [2.24, 2.45) is 0 Å². The maximum Gasteiger partial charge on any atom is 0.120 e. The highest BCUT2D eigenvalue weighted by atomic mass is 35.5. The van der Waals surface area contributed by atoms with Crippen LogP contribution in [0.25, 0.3) is 0 Å². The highest BCUT2D eigenvalue weighted by molar-refractivity contribution is 6.33. The molecule has 0 atom stereocenters. The summed E-state index contributed by atoms with van der Waals surface area (Å²) in [5, 5.41) is 0.561. The Hall–Kier alpha value is -1.71. The zero-order chi connectivity index (χ0) is 13.7. The van der Waals surface area contributed by atoms with Crippen LogP contribution in [0.4, 0.5) is 5.69 Å². The van der Waals surface area contributed by atoms with E-state index in [1.165, 1.54) is 0 Å². The van der Waals surface area contributed by atoms with Crippen LogP contribution in [0.1, 0.15) is 11.1 Å². The molecule has 0 aliphatic heterocycles. The van der Waals surface area contributed by atoms with Gasteiger partial charge in [0, 0.05) is 7.11 Å². The lowest BCUT2D eigenvalue weighted by Crippen LogP contribution is -1.98. The Morgan fingerprint density at radius 2 is 1.84 bits per heavy atom. The standard InChI is InChI=1S/C15H16ClNO2/c1-18-9-11-3-2-4-13(7-11)19-10-12-5-6-14(16)15(17)8-12/h2-8H,9-10,17H2,1H3. The Labute approximate surface area is 117 Å².